The molecule has 3 aliphatic rings. The van der Waals surface area contributed by atoms with Crippen molar-refractivity contribution >= 4 is 5.91 Å². The first kappa shape index (κ1) is 78.2. The standard InChI is InChI=1S/C68H117NO18/c1-3-5-7-9-11-13-15-16-17-18-19-20-21-22-23-24-25-26-27-28-29-30-31-32-33-34-36-38-40-42-44-46-56(74)69-51(52(73)45-43-41-39-37-35-14-12-10-8-6-4-2)50-82-66-62(80)59(77)64(54(48-71)84-66)87-68-63(81)60(78)65(55(49-72)85-68)86-67-61(79)58(76)57(75)53(47-70)83-67/h5,7,11,13,16-17,19-20,22-23,25-26,28-29,51-55,57-68,70-73,75-81H,3-4,6,8-10,12,14-15,18,21,24,27,30-50H2,1-2H3,(H,69,74)/b7-5-,13-11-,17-16-,20-19-,23-22-,26-25-,29-28-. The Labute approximate surface area is 520 Å². The molecule has 3 heterocycles. The lowest BCUT2D eigenvalue weighted by Crippen LogP contribution is -2.66. The molecule has 17 atom stereocenters. The summed E-state index contributed by atoms with van der Waals surface area (Å²) in [7, 11) is 0. The highest BCUT2D eigenvalue weighted by Gasteiger charge is 2.53. The first-order valence-electron chi connectivity index (χ1n) is 33.3. The van der Waals surface area contributed by atoms with Gasteiger partial charge in [0.15, 0.2) is 18.9 Å². The Kier molecular flexibility index (Phi) is 44.6. The summed E-state index contributed by atoms with van der Waals surface area (Å²) in [5.41, 5.74) is 0. The molecule has 19 heteroatoms. The Morgan fingerprint density at radius 2 is 0.793 bits per heavy atom. The average molecular weight is 1240 g/mol. The summed E-state index contributed by atoms with van der Waals surface area (Å²) in [4.78, 5) is 13.4. The van der Waals surface area contributed by atoms with Gasteiger partial charge in [-0.2, -0.15) is 0 Å². The number of hydrogen-bond acceptors (Lipinski definition) is 18. The summed E-state index contributed by atoms with van der Waals surface area (Å²) in [6.45, 7) is 1.64. The predicted octanol–water partition coefficient (Wildman–Crippen LogP) is 7.93. The lowest BCUT2D eigenvalue weighted by molar-refractivity contribution is -0.379. The van der Waals surface area contributed by atoms with Gasteiger partial charge >= 0.3 is 0 Å². The maximum Gasteiger partial charge on any atom is 0.220 e. The van der Waals surface area contributed by atoms with E-state index in [1.807, 2.05) is 0 Å². The number of allylic oxidation sites excluding steroid dienone is 14. The minimum atomic E-state index is -1.98. The van der Waals surface area contributed by atoms with Crippen LogP contribution in [-0.2, 0) is 33.2 Å². The molecule has 0 bridgehead atoms. The molecule has 0 aromatic carbocycles. The van der Waals surface area contributed by atoms with Gasteiger partial charge in [0, 0.05) is 6.42 Å². The number of ether oxygens (including phenoxy) is 6. The van der Waals surface area contributed by atoms with E-state index in [1.54, 1.807) is 0 Å². The van der Waals surface area contributed by atoms with Crippen molar-refractivity contribution in [1.82, 2.24) is 5.32 Å². The molecular weight excluding hydrogens is 1120 g/mol. The number of carbonyl (C=O) groups excluding carboxylic acids is 1. The van der Waals surface area contributed by atoms with Crippen molar-refractivity contribution in [3.63, 3.8) is 0 Å². The quantitative estimate of drug-likeness (QED) is 0.0203. The second kappa shape index (κ2) is 49.6. The minimum Gasteiger partial charge on any atom is -0.394 e. The molecule has 0 radical (unpaired) electrons. The molecule has 3 saturated heterocycles. The van der Waals surface area contributed by atoms with Gasteiger partial charge in [-0.15, -0.1) is 0 Å². The van der Waals surface area contributed by atoms with Gasteiger partial charge in [0.05, 0.1) is 38.6 Å². The van der Waals surface area contributed by atoms with Gasteiger partial charge in [0.2, 0.25) is 5.91 Å². The van der Waals surface area contributed by atoms with Gasteiger partial charge in [-0.3, -0.25) is 4.79 Å². The van der Waals surface area contributed by atoms with Gasteiger partial charge < -0.3 is 89.9 Å². The fourth-order valence-electron chi connectivity index (χ4n) is 10.8. The Bertz CT molecular complexity index is 1910. The molecule has 87 heavy (non-hydrogen) atoms. The number of unbranched alkanes of at least 4 members (excludes halogenated alkanes) is 19. The van der Waals surface area contributed by atoms with E-state index in [1.165, 1.54) is 70.6 Å². The Morgan fingerprint density at radius 3 is 1.24 bits per heavy atom. The van der Waals surface area contributed by atoms with Crippen molar-refractivity contribution in [2.45, 2.75) is 311 Å². The second-order valence-corrected chi connectivity index (χ2v) is 23.6. The van der Waals surface area contributed by atoms with E-state index in [4.69, 9.17) is 28.4 Å². The van der Waals surface area contributed by atoms with Crippen molar-refractivity contribution in [2.24, 2.45) is 0 Å². The summed E-state index contributed by atoms with van der Waals surface area (Å²) in [6.07, 6.45) is 35.3. The summed E-state index contributed by atoms with van der Waals surface area (Å²) < 4.78 is 34.3. The normalized spacial score (nSPS) is 29.1. The minimum absolute atomic E-state index is 0.254. The first-order valence-corrected chi connectivity index (χ1v) is 33.3. The lowest BCUT2D eigenvalue weighted by Gasteiger charge is -2.48. The molecule has 19 nitrogen and oxygen atoms in total. The van der Waals surface area contributed by atoms with Crippen molar-refractivity contribution in [3.8, 4) is 0 Å². The van der Waals surface area contributed by atoms with Crippen molar-refractivity contribution < 1.29 is 89.4 Å². The number of hydrogen-bond donors (Lipinski definition) is 12. The maximum atomic E-state index is 13.4. The Balaban J connectivity index is 1.38. The number of carbonyl (C=O) groups is 1. The third kappa shape index (κ3) is 32.2. The molecule has 17 unspecified atom stereocenters. The van der Waals surface area contributed by atoms with E-state index in [-0.39, 0.29) is 18.9 Å². The van der Waals surface area contributed by atoms with E-state index in [0.29, 0.717) is 12.8 Å². The molecule has 502 valence electrons. The molecule has 0 aromatic rings. The number of nitrogens with one attached hydrogen (secondary N) is 1. The summed E-state index contributed by atoms with van der Waals surface area (Å²) in [5, 5.41) is 120. The van der Waals surface area contributed by atoms with Crippen LogP contribution < -0.4 is 5.32 Å². The van der Waals surface area contributed by atoms with Crippen LogP contribution >= 0.6 is 0 Å². The molecule has 0 spiro atoms. The van der Waals surface area contributed by atoms with Gasteiger partial charge in [0.1, 0.15) is 73.2 Å². The van der Waals surface area contributed by atoms with E-state index in [0.717, 1.165) is 103 Å². The lowest BCUT2D eigenvalue weighted by atomic mass is 9.96. The first-order chi connectivity index (χ1) is 42.3. The molecule has 0 aliphatic carbocycles. The van der Waals surface area contributed by atoms with E-state index in [2.05, 4.69) is 104 Å². The van der Waals surface area contributed by atoms with Crippen LogP contribution in [0.1, 0.15) is 206 Å². The third-order valence-corrected chi connectivity index (χ3v) is 16.2. The van der Waals surface area contributed by atoms with Crippen LogP contribution in [0.5, 0.6) is 0 Å². The van der Waals surface area contributed by atoms with Crippen LogP contribution in [0.15, 0.2) is 85.1 Å². The topological polar surface area (TPSA) is 307 Å². The summed E-state index contributed by atoms with van der Waals surface area (Å²) in [6, 6.07) is -0.894. The number of aliphatic hydroxyl groups excluding tert-OH is 11. The van der Waals surface area contributed by atoms with Crippen molar-refractivity contribution in [1.29, 1.82) is 0 Å². The van der Waals surface area contributed by atoms with Crippen LogP contribution in [0, 0.1) is 0 Å². The van der Waals surface area contributed by atoms with Gasteiger partial charge in [-0.05, 0) is 70.6 Å². The number of rotatable bonds is 49. The molecule has 0 aromatic heterocycles. The van der Waals surface area contributed by atoms with Crippen LogP contribution in [0.3, 0.4) is 0 Å². The highest BCUT2D eigenvalue weighted by Crippen LogP contribution is 2.33. The summed E-state index contributed by atoms with van der Waals surface area (Å²) in [5.74, 6) is -0.255. The van der Waals surface area contributed by atoms with Crippen LogP contribution in [0.2, 0.25) is 0 Å². The van der Waals surface area contributed by atoms with Crippen LogP contribution in [0.25, 0.3) is 0 Å². The zero-order valence-corrected chi connectivity index (χ0v) is 52.7. The molecule has 3 aliphatic heterocycles. The fourth-order valence-corrected chi connectivity index (χ4v) is 10.8. The molecule has 12 N–H and O–H groups in total. The largest absolute Gasteiger partial charge is 0.394 e. The van der Waals surface area contributed by atoms with E-state index >= 15 is 0 Å². The van der Waals surface area contributed by atoms with Crippen molar-refractivity contribution in [3.05, 3.63) is 85.1 Å². The Morgan fingerprint density at radius 1 is 0.425 bits per heavy atom. The Hall–Kier alpha value is -3.03. The third-order valence-electron chi connectivity index (χ3n) is 16.2. The summed E-state index contributed by atoms with van der Waals surface area (Å²) >= 11 is 0. The zero-order valence-electron chi connectivity index (χ0n) is 52.7. The monoisotopic (exact) mass is 1240 g/mol. The molecule has 3 rings (SSSR count). The predicted molar refractivity (Wildman–Crippen MR) is 337 cm³/mol. The van der Waals surface area contributed by atoms with E-state index in [9.17, 15) is 61.0 Å². The van der Waals surface area contributed by atoms with E-state index < -0.39 is 124 Å². The molecular formula is C68H117NO18. The van der Waals surface area contributed by atoms with Crippen LogP contribution in [-0.4, -0.2) is 193 Å². The van der Waals surface area contributed by atoms with Crippen LogP contribution in [0.4, 0.5) is 0 Å². The second-order valence-electron chi connectivity index (χ2n) is 23.6. The molecule has 3 fully saturated rings. The van der Waals surface area contributed by atoms with Crippen molar-refractivity contribution in [2.75, 3.05) is 26.4 Å². The van der Waals surface area contributed by atoms with Gasteiger partial charge in [-0.1, -0.05) is 214 Å². The zero-order chi connectivity index (χ0) is 63.3. The number of amides is 1. The highest BCUT2D eigenvalue weighted by atomic mass is 16.8. The smallest absolute Gasteiger partial charge is 0.220 e. The highest BCUT2D eigenvalue weighted by molar-refractivity contribution is 5.76. The molecule has 1 amide bonds. The molecule has 0 saturated carbocycles. The average Bonchev–Trinajstić information content (AvgIpc) is 3.71. The van der Waals surface area contributed by atoms with Gasteiger partial charge in [-0.25, -0.2) is 0 Å². The fraction of sp³-hybridized carbons (Fsp3) is 0.779. The number of aliphatic hydroxyl groups is 11. The maximum absolute atomic E-state index is 13.4. The van der Waals surface area contributed by atoms with Gasteiger partial charge in [0.25, 0.3) is 0 Å². The SMILES string of the molecule is CC/C=C\C/C=C\C/C=C\C/C=C\C/C=C\C/C=C\C/C=C\CCCCCCCCCCCC(=O)NC(COC1OC(CO)C(OC2OC(CO)C(OC3OC(CO)C(O)C(O)C3O)C(O)C2O)C(O)C1O)C(O)CCCCCCCCCCCCC.